The average molecular weight is 235 g/mol. The SMILES string of the molecule is C=CC(=C)CN(c1ccccc1)c1ccccc1. The molecule has 0 fully saturated rings. The van der Waals surface area contributed by atoms with E-state index in [-0.39, 0.29) is 0 Å². The van der Waals surface area contributed by atoms with Crippen LogP contribution in [-0.2, 0) is 0 Å². The van der Waals surface area contributed by atoms with Crippen LogP contribution in [0.2, 0.25) is 0 Å². The van der Waals surface area contributed by atoms with E-state index in [2.05, 4.69) is 42.3 Å². The van der Waals surface area contributed by atoms with Gasteiger partial charge in [-0.1, -0.05) is 55.6 Å². The molecule has 2 rings (SSSR count). The lowest BCUT2D eigenvalue weighted by Gasteiger charge is -2.25. The van der Waals surface area contributed by atoms with Crippen LogP contribution in [0.1, 0.15) is 0 Å². The number of nitrogens with zero attached hydrogens (tertiary/aromatic N) is 1. The van der Waals surface area contributed by atoms with Crippen LogP contribution in [0.5, 0.6) is 0 Å². The fraction of sp³-hybridized carbons (Fsp3) is 0.0588. The number of para-hydroxylation sites is 2. The Kier molecular flexibility index (Phi) is 3.98. The van der Waals surface area contributed by atoms with Crippen molar-refractivity contribution in [3.8, 4) is 0 Å². The van der Waals surface area contributed by atoms with Gasteiger partial charge in [-0.25, -0.2) is 0 Å². The molecule has 0 aliphatic heterocycles. The Labute approximate surface area is 109 Å². The summed E-state index contributed by atoms with van der Waals surface area (Å²) in [5, 5.41) is 0. The van der Waals surface area contributed by atoms with E-state index in [1.165, 1.54) is 0 Å². The first kappa shape index (κ1) is 12.2. The zero-order valence-corrected chi connectivity index (χ0v) is 10.4. The maximum absolute atomic E-state index is 4.00. The number of benzene rings is 2. The lowest BCUT2D eigenvalue weighted by molar-refractivity contribution is 1.07. The smallest absolute Gasteiger partial charge is 0.0475 e. The summed E-state index contributed by atoms with van der Waals surface area (Å²) in [6.45, 7) is 8.53. The highest BCUT2D eigenvalue weighted by atomic mass is 15.1. The molecule has 0 radical (unpaired) electrons. The van der Waals surface area contributed by atoms with Crippen LogP contribution in [0.4, 0.5) is 11.4 Å². The molecule has 1 heteroatoms. The Bertz CT molecular complexity index is 474. The Balaban J connectivity index is 2.35. The molecule has 0 heterocycles. The molecule has 0 saturated carbocycles. The topological polar surface area (TPSA) is 3.24 Å². The van der Waals surface area contributed by atoms with E-state index in [4.69, 9.17) is 0 Å². The lowest BCUT2D eigenvalue weighted by Crippen LogP contribution is -2.18. The minimum absolute atomic E-state index is 0.748. The third-order valence-corrected chi connectivity index (χ3v) is 2.79. The van der Waals surface area contributed by atoms with Gasteiger partial charge in [0.15, 0.2) is 0 Å². The van der Waals surface area contributed by atoms with Crippen LogP contribution in [0.15, 0.2) is 85.5 Å². The van der Waals surface area contributed by atoms with Gasteiger partial charge in [-0.2, -0.15) is 0 Å². The molecule has 0 N–H and O–H groups in total. The van der Waals surface area contributed by atoms with Gasteiger partial charge in [0.05, 0.1) is 0 Å². The monoisotopic (exact) mass is 235 g/mol. The molecule has 90 valence electrons. The van der Waals surface area contributed by atoms with Crippen molar-refractivity contribution in [3.63, 3.8) is 0 Å². The van der Waals surface area contributed by atoms with E-state index in [0.29, 0.717) is 0 Å². The molecule has 0 amide bonds. The van der Waals surface area contributed by atoms with Gasteiger partial charge < -0.3 is 4.90 Å². The molecule has 1 nitrogen and oxygen atoms in total. The zero-order chi connectivity index (χ0) is 12.8. The molecular formula is C17H17N. The summed E-state index contributed by atoms with van der Waals surface area (Å²) in [5.74, 6) is 0. The Hall–Kier alpha value is -2.28. The minimum atomic E-state index is 0.748. The fourth-order valence-electron chi connectivity index (χ4n) is 1.82. The van der Waals surface area contributed by atoms with Crippen molar-refractivity contribution >= 4 is 11.4 Å². The normalized spacial score (nSPS) is 9.78. The predicted octanol–water partition coefficient (Wildman–Crippen LogP) is 4.57. The average Bonchev–Trinajstić information content (AvgIpc) is 2.46. The third-order valence-electron chi connectivity index (χ3n) is 2.79. The van der Waals surface area contributed by atoms with E-state index in [0.717, 1.165) is 23.5 Å². The summed E-state index contributed by atoms with van der Waals surface area (Å²) >= 11 is 0. The Morgan fingerprint density at radius 2 is 1.33 bits per heavy atom. The van der Waals surface area contributed by atoms with Crippen molar-refractivity contribution in [2.75, 3.05) is 11.4 Å². The molecular weight excluding hydrogens is 218 g/mol. The summed E-state index contributed by atoms with van der Waals surface area (Å²) in [4.78, 5) is 2.23. The first-order valence-corrected chi connectivity index (χ1v) is 5.99. The highest BCUT2D eigenvalue weighted by Gasteiger charge is 2.08. The van der Waals surface area contributed by atoms with E-state index in [9.17, 15) is 0 Å². The van der Waals surface area contributed by atoms with Gasteiger partial charge in [-0.05, 0) is 29.8 Å². The largest absolute Gasteiger partial charge is 0.337 e. The number of hydrogen-bond acceptors (Lipinski definition) is 1. The molecule has 0 spiro atoms. The van der Waals surface area contributed by atoms with Crippen molar-refractivity contribution in [1.82, 2.24) is 0 Å². The first-order valence-electron chi connectivity index (χ1n) is 5.99. The van der Waals surface area contributed by atoms with Gasteiger partial charge >= 0.3 is 0 Å². The highest BCUT2D eigenvalue weighted by Crippen LogP contribution is 2.25. The van der Waals surface area contributed by atoms with Gasteiger partial charge in [0.2, 0.25) is 0 Å². The second-order valence-electron chi connectivity index (χ2n) is 4.12. The quantitative estimate of drug-likeness (QED) is 0.686. The maximum atomic E-state index is 4.00. The highest BCUT2D eigenvalue weighted by molar-refractivity contribution is 5.64. The zero-order valence-electron chi connectivity index (χ0n) is 10.4. The van der Waals surface area contributed by atoms with Crippen LogP contribution in [0, 0.1) is 0 Å². The van der Waals surface area contributed by atoms with Crippen LogP contribution in [0.3, 0.4) is 0 Å². The van der Waals surface area contributed by atoms with Crippen molar-refractivity contribution in [2.45, 2.75) is 0 Å². The van der Waals surface area contributed by atoms with Crippen LogP contribution in [0.25, 0.3) is 0 Å². The second kappa shape index (κ2) is 5.87. The van der Waals surface area contributed by atoms with E-state index >= 15 is 0 Å². The summed E-state index contributed by atoms with van der Waals surface area (Å²) in [6.07, 6.45) is 1.80. The summed E-state index contributed by atoms with van der Waals surface area (Å²) < 4.78 is 0. The maximum Gasteiger partial charge on any atom is 0.0475 e. The number of hydrogen-bond donors (Lipinski definition) is 0. The molecule has 18 heavy (non-hydrogen) atoms. The van der Waals surface area contributed by atoms with Crippen molar-refractivity contribution < 1.29 is 0 Å². The first-order chi connectivity index (χ1) is 8.81. The molecule has 0 saturated heterocycles. The standard InChI is InChI=1S/C17H17N/c1-3-15(2)14-18(16-10-6-4-7-11-16)17-12-8-5-9-13-17/h3-13H,1-2,14H2. The van der Waals surface area contributed by atoms with Crippen molar-refractivity contribution in [1.29, 1.82) is 0 Å². The van der Waals surface area contributed by atoms with E-state index in [1.54, 1.807) is 6.08 Å². The van der Waals surface area contributed by atoms with Gasteiger partial charge in [-0.3, -0.25) is 0 Å². The van der Waals surface area contributed by atoms with Crippen LogP contribution >= 0.6 is 0 Å². The van der Waals surface area contributed by atoms with Gasteiger partial charge in [0.1, 0.15) is 0 Å². The molecule has 0 bridgehead atoms. The predicted molar refractivity (Wildman–Crippen MR) is 79.2 cm³/mol. The van der Waals surface area contributed by atoms with E-state index in [1.807, 2.05) is 36.4 Å². The molecule has 0 aliphatic carbocycles. The lowest BCUT2D eigenvalue weighted by atomic mass is 10.2. The summed E-state index contributed by atoms with van der Waals surface area (Å²) in [6, 6.07) is 20.6. The Morgan fingerprint density at radius 3 is 1.72 bits per heavy atom. The Morgan fingerprint density at radius 1 is 0.889 bits per heavy atom. The molecule has 0 aromatic heterocycles. The second-order valence-corrected chi connectivity index (χ2v) is 4.12. The molecule has 2 aromatic rings. The molecule has 0 unspecified atom stereocenters. The van der Waals surface area contributed by atoms with Gasteiger partial charge in [0, 0.05) is 17.9 Å². The van der Waals surface area contributed by atoms with Gasteiger partial charge in [-0.15, -0.1) is 0 Å². The molecule has 0 aliphatic rings. The summed E-state index contributed by atoms with van der Waals surface area (Å²) in [7, 11) is 0. The third kappa shape index (κ3) is 2.89. The summed E-state index contributed by atoms with van der Waals surface area (Å²) in [5.41, 5.74) is 3.32. The minimum Gasteiger partial charge on any atom is -0.337 e. The molecule has 0 atom stereocenters. The van der Waals surface area contributed by atoms with Crippen molar-refractivity contribution in [2.24, 2.45) is 0 Å². The fourth-order valence-corrected chi connectivity index (χ4v) is 1.82. The number of anilines is 2. The number of rotatable bonds is 5. The van der Waals surface area contributed by atoms with Crippen LogP contribution < -0.4 is 4.90 Å². The van der Waals surface area contributed by atoms with E-state index < -0.39 is 0 Å². The van der Waals surface area contributed by atoms with Gasteiger partial charge in [0.25, 0.3) is 0 Å². The van der Waals surface area contributed by atoms with Crippen LogP contribution in [-0.4, -0.2) is 6.54 Å². The molecule has 2 aromatic carbocycles. The van der Waals surface area contributed by atoms with Crippen molar-refractivity contribution in [3.05, 3.63) is 85.5 Å².